The summed E-state index contributed by atoms with van der Waals surface area (Å²) in [5.74, 6) is -1.39. The number of rotatable bonds is 5. The van der Waals surface area contributed by atoms with E-state index in [2.05, 4.69) is 0 Å². The number of amides is 1. The molecule has 8 heteroatoms. The number of halogens is 1. The van der Waals surface area contributed by atoms with Crippen LogP contribution in [0.5, 0.6) is 5.75 Å². The van der Waals surface area contributed by atoms with Gasteiger partial charge in [0, 0.05) is 0 Å². The first-order chi connectivity index (χ1) is 12.4. The van der Waals surface area contributed by atoms with E-state index in [0.717, 1.165) is 11.8 Å². The second-order valence-corrected chi connectivity index (χ2v) is 6.92. The van der Waals surface area contributed by atoms with Gasteiger partial charge in [-0.25, -0.2) is 9.18 Å². The highest BCUT2D eigenvalue weighted by atomic mass is 32.2. The van der Waals surface area contributed by atoms with Crippen molar-refractivity contribution in [3.05, 3.63) is 64.8 Å². The summed E-state index contributed by atoms with van der Waals surface area (Å²) in [6.45, 7) is -0.448. The second kappa shape index (κ2) is 7.67. The fourth-order valence-electron chi connectivity index (χ4n) is 2.27. The van der Waals surface area contributed by atoms with Gasteiger partial charge in [-0.2, -0.15) is 0 Å². The molecule has 132 valence electrons. The Balaban J connectivity index is 1.82. The number of hydrogen-bond donors (Lipinski definition) is 1. The monoisotopic (exact) mass is 389 g/mol. The van der Waals surface area contributed by atoms with Gasteiger partial charge in [0.15, 0.2) is 10.9 Å². The first-order valence-electron chi connectivity index (χ1n) is 7.42. The summed E-state index contributed by atoms with van der Waals surface area (Å²) in [6, 6.07) is 12.2. The first-order valence-corrected chi connectivity index (χ1v) is 8.65. The largest absolute Gasteiger partial charge is 0.482 e. The normalized spacial score (nSPS) is 15.6. The lowest BCUT2D eigenvalue weighted by Gasteiger charge is -2.14. The van der Waals surface area contributed by atoms with Crippen LogP contribution in [-0.2, 0) is 9.59 Å². The predicted molar refractivity (Wildman–Crippen MR) is 102 cm³/mol. The molecule has 3 rings (SSSR count). The SMILES string of the molecule is O=C(O)COc1cccc(C=C2SC(=S)N(c3ccc(F)cc3)C2=O)c1. The van der Waals surface area contributed by atoms with Crippen LogP contribution in [0.1, 0.15) is 5.56 Å². The summed E-state index contributed by atoms with van der Waals surface area (Å²) < 4.78 is 18.6. The standard InChI is InChI=1S/C18H12FNO4S2/c19-12-4-6-13(7-5-12)20-17(23)15(26-18(20)25)9-11-2-1-3-14(8-11)24-10-16(21)22/h1-9H,10H2,(H,21,22). The Kier molecular flexibility index (Phi) is 5.34. The van der Waals surface area contributed by atoms with Crippen molar-refractivity contribution in [2.24, 2.45) is 0 Å². The van der Waals surface area contributed by atoms with Gasteiger partial charge in [-0.15, -0.1) is 0 Å². The fourth-order valence-corrected chi connectivity index (χ4v) is 3.57. The zero-order valence-corrected chi connectivity index (χ0v) is 14.8. The van der Waals surface area contributed by atoms with E-state index < -0.39 is 18.4 Å². The number of carbonyl (C=O) groups is 2. The molecule has 1 aliphatic rings. The molecule has 0 bridgehead atoms. The van der Waals surface area contributed by atoms with E-state index in [9.17, 15) is 14.0 Å². The Hall–Kier alpha value is -2.71. The summed E-state index contributed by atoms with van der Waals surface area (Å²) in [4.78, 5) is 25.0. The minimum Gasteiger partial charge on any atom is -0.482 e. The minimum absolute atomic E-state index is 0.302. The Morgan fingerprint density at radius 3 is 2.69 bits per heavy atom. The molecule has 1 fully saturated rings. The highest BCUT2D eigenvalue weighted by Gasteiger charge is 2.33. The number of aliphatic carboxylic acids is 1. The number of carboxylic acids is 1. The van der Waals surface area contributed by atoms with Crippen molar-refractivity contribution in [2.75, 3.05) is 11.5 Å². The van der Waals surface area contributed by atoms with Crippen molar-refractivity contribution < 1.29 is 23.8 Å². The van der Waals surface area contributed by atoms with Gasteiger partial charge in [0.05, 0.1) is 10.6 Å². The van der Waals surface area contributed by atoms with Crippen LogP contribution in [0.3, 0.4) is 0 Å². The van der Waals surface area contributed by atoms with Crippen LogP contribution in [0.4, 0.5) is 10.1 Å². The molecule has 5 nitrogen and oxygen atoms in total. The lowest BCUT2D eigenvalue weighted by Crippen LogP contribution is -2.27. The van der Waals surface area contributed by atoms with Crippen LogP contribution in [0.25, 0.3) is 6.08 Å². The van der Waals surface area contributed by atoms with E-state index in [-0.39, 0.29) is 5.91 Å². The van der Waals surface area contributed by atoms with Gasteiger partial charge in [0.1, 0.15) is 11.6 Å². The Morgan fingerprint density at radius 2 is 2.00 bits per heavy atom. The molecule has 0 spiro atoms. The van der Waals surface area contributed by atoms with Crippen molar-refractivity contribution in [1.82, 2.24) is 0 Å². The number of nitrogens with zero attached hydrogens (tertiary/aromatic N) is 1. The molecular formula is C18H12FNO4S2. The van der Waals surface area contributed by atoms with Gasteiger partial charge in [-0.1, -0.05) is 36.1 Å². The van der Waals surface area contributed by atoms with E-state index in [1.807, 2.05) is 0 Å². The number of carboxylic acid groups (broad SMARTS) is 1. The van der Waals surface area contributed by atoms with Crippen LogP contribution in [0.15, 0.2) is 53.4 Å². The van der Waals surface area contributed by atoms with Gasteiger partial charge in [0.2, 0.25) is 0 Å². The summed E-state index contributed by atoms with van der Waals surface area (Å²) >= 11 is 6.41. The smallest absolute Gasteiger partial charge is 0.341 e. The maximum atomic E-state index is 13.1. The quantitative estimate of drug-likeness (QED) is 0.621. The number of hydrogen-bond acceptors (Lipinski definition) is 5. The molecule has 1 aliphatic heterocycles. The van der Waals surface area contributed by atoms with Crippen molar-refractivity contribution in [3.8, 4) is 5.75 Å². The lowest BCUT2D eigenvalue weighted by atomic mass is 10.2. The number of benzene rings is 2. The van der Waals surface area contributed by atoms with Crippen LogP contribution < -0.4 is 9.64 Å². The Labute approximate surface area is 158 Å². The summed E-state index contributed by atoms with van der Waals surface area (Å²) in [7, 11) is 0. The zero-order valence-electron chi connectivity index (χ0n) is 13.2. The average molecular weight is 389 g/mol. The van der Waals surface area contributed by atoms with Crippen molar-refractivity contribution in [3.63, 3.8) is 0 Å². The molecule has 0 atom stereocenters. The molecule has 2 aromatic rings. The van der Waals surface area contributed by atoms with Gasteiger partial charge in [-0.3, -0.25) is 9.69 Å². The molecule has 1 N–H and O–H groups in total. The maximum absolute atomic E-state index is 13.1. The summed E-state index contributed by atoms with van der Waals surface area (Å²) in [5.41, 5.74) is 1.17. The highest BCUT2D eigenvalue weighted by Crippen LogP contribution is 2.36. The third-order valence-electron chi connectivity index (χ3n) is 3.40. The van der Waals surface area contributed by atoms with Gasteiger partial charge in [0.25, 0.3) is 5.91 Å². The maximum Gasteiger partial charge on any atom is 0.341 e. The van der Waals surface area contributed by atoms with Crippen LogP contribution in [0, 0.1) is 5.82 Å². The zero-order chi connectivity index (χ0) is 18.7. The molecule has 0 aromatic heterocycles. The van der Waals surface area contributed by atoms with Crippen molar-refractivity contribution >= 4 is 51.9 Å². The highest BCUT2D eigenvalue weighted by molar-refractivity contribution is 8.27. The number of thioether (sulfide) groups is 1. The molecule has 1 heterocycles. The number of carbonyl (C=O) groups excluding carboxylic acids is 1. The van der Waals surface area contributed by atoms with Crippen LogP contribution in [0.2, 0.25) is 0 Å². The molecule has 0 saturated carbocycles. The molecule has 26 heavy (non-hydrogen) atoms. The van der Waals surface area contributed by atoms with E-state index in [0.29, 0.717) is 26.2 Å². The third-order valence-corrected chi connectivity index (χ3v) is 4.70. The van der Waals surface area contributed by atoms with Crippen molar-refractivity contribution in [2.45, 2.75) is 0 Å². The molecule has 2 aromatic carbocycles. The predicted octanol–water partition coefficient (Wildman–Crippen LogP) is 3.69. The second-order valence-electron chi connectivity index (χ2n) is 5.25. The molecular weight excluding hydrogens is 377 g/mol. The molecule has 0 aliphatic carbocycles. The van der Waals surface area contributed by atoms with Gasteiger partial charge < -0.3 is 9.84 Å². The number of thiocarbonyl (C=S) groups is 1. The molecule has 0 unspecified atom stereocenters. The number of anilines is 1. The van der Waals surface area contributed by atoms with E-state index in [1.54, 1.807) is 30.3 Å². The van der Waals surface area contributed by atoms with Crippen LogP contribution >= 0.6 is 24.0 Å². The Bertz CT molecular complexity index is 912. The first kappa shape index (κ1) is 18.1. The summed E-state index contributed by atoms with van der Waals surface area (Å²) in [5, 5.41) is 8.66. The Morgan fingerprint density at radius 1 is 1.27 bits per heavy atom. The molecule has 1 saturated heterocycles. The van der Waals surface area contributed by atoms with Gasteiger partial charge >= 0.3 is 5.97 Å². The van der Waals surface area contributed by atoms with E-state index >= 15 is 0 Å². The number of ether oxygens (including phenoxy) is 1. The lowest BCUT2D eigenvalue weighted by molar-refractivity contribution is -0.139. The van der Waals surface area contributed by atoms with E-state index in [4.69, 9.17) is 22.1 Å². The topological polar surface area (TPSA) is 66.8 Å². The summed E-state index contributed by atoms with van der Waals surface area (Å²) in [6.07, 6.45) is 1.65. The van der Waals surface area contributed by atoms with E-state index in [1.165, 1.54) is 29.2 Å². The third kappa shape index (κ3) is 4.09. The minimum atomic E-state index is -1.07. The van der Waals surface area contributed by atoms with Crippen molar-refractivity contribution in [1.29, 1.82) is 0 Å². The van der Waals surface area contributed by atoms with Crippen LogP contribution in [-0.4, -0.2) is 27.9 Å². The molecule has 1 amide bonds. The average Bonchev–Trinajstić information content (AvgIpc) is 2.88. The van der Waals surface area contributed by atoms with Gasteiger partial charge in [-0.05, 0) is 48.0 Å². The fraction of sp³-hybridized carbons (Fsp3) is 0.0556. The molecule has 0 radical (unpaired) electrons.